The highest BCUT2D eigenvalue weighted by molar-refractivity contribution is 5.75. The molecule has 3 saturated carbocycles. The fourth-order valence-corrected chi connectivity index (χ4v) is 10.6. The number of hydrogen-bond donors (Lipinski definition) is 2. The summed E-state index contributed by atoms with van der Waals surface area (Å²) in [6.45, 7) is 13.2. The van der Waals surface area contributed by atoms with Gasteiger partial charge < -0.3 is 24.9 Å². The molecule has 9 unspecified atom stereocenters. The Morgan fingerprint density at radius 3 is 2.46 bits per heavy atom. The minimum atomic E-state index is -0.698. The van der Waals surface area contributed by atoms with E-state index < -0.39 is 18.2 Å². The van der Waals surface area contributed by atoms with Crippen molar-refractivity contribution in [1.29, 1.82) is 0 Å². The predicted molar refractivity (Wildman–Crippen MR) is 189 cm³/mol. The van der Waals surface area contributed by atoms with Gasteiger partial charge in [-0.25, -0.2) is 9.78 Å². The molecular weight excluding hydrogens is 602 g/mol. The molecule has 8 nitrogen and oxygen atoms in total. The average Bonchev–Trinajstić information content (AvgIpc) is 3.69. The van der Waals surface area contributed by atoms with Gasteiger partial charge in [0.25, 0.3) is 0 Å². The van der Waals surface area contributed by atoms with E-state index in [1.54, 1.807) is 12.5 Å². The standard InChI is InChI=1S/C40H65N3O5/c1-27(2)11-10-12-28(3)33-15-16-34-32-14-13-29-23-31(17-19-39(29,4)35(32)18-20-40(33,34)5)48-38(45)47-22-9-7-6-8-21-46-37(44)36(41)24-30-25-42-26-43-30/h13,25-28,31-36H,6-12,14-24,41H2,1-5H3,(H,42,43). The lowest BCUT2D eigenvalue weighted by Gasteiger charge is -2.58. The molecule has 9 atom stereocenters. The summed E-state index contributed by atoms with van der Waals surface area (Å²) >= 11 is 0. The van der Waals surface area contributed by atoms with Crippen LogP contribution in [0.2, 0.25) is 0 Å². The number of hydrogen-bond acceptors (Lipinski definition) is 7. The monoisotopic (exact) mass is 667 g/mol. The summed E-state index contributed by atoms with van der Waals surface area (Å²) in [7, 11) is 0. The van der Waals surface area contributed by atoms with Crippen molar-refractivity contribution in [1.82, 2.24) is 9.97 Å². The molecule has 0 aromatic carbocycles. The molecule has 0 spiro atoms. The van der Waals surface area contributed by atoms with Crippen molar-refractivity contribution in [2.24, 2.45) is 52.1 Å². The van der Waals surface area contributed by atoms with Crippen molar-refractivity contribution < 1.29 is 23.8 Å². The first-order valence-corrected chi connectivity index (χ1v) is 19.4. The molecule has 0 aliphatic heterocycles. The predicted octanol–water partition coefficient (Wildman–Crippen LogP) is 8.95. The summed E-state index contributed by atoms with van der Waals surface area (Å²) in [5.41, 5.74) is 9.01. The number of unbranched alkanes of at least 4 members (excludes halogenated alkanes) is 3. The Kier molecular flexibility index (Phi) is 12.7. The summed E-state index contributed by atoms with van der Waals surface area (Å²) in [6.07, 6.45) is 22.7. The van der Waals surface area contributed by atoms with Crippen LogP contribution in [0.5, 0.6) is 0 Å². The zero-order valence-electron chi connectivity index (χ0n) is 30.6. The van der Waals surface area contributed by atoms with Crippen LogP contribution in [0.15, 0.2) is 24.2 Å². The van der Waals surface area contributed by atoms with Gasteiger partial charge in [-0.2, -0.15) is 0 Å². The van der Waals surface area contributed by atoms with Gasteiger partial charge in [0.15, 0.2) is 0 Å². The number of aromatic nitrogens is 2. The van der Waals surface area contributed by atoms with Crippen molar-refractivity contribution in [2.45, 2.75) is 149 Å². The second-order valence-corrected chi connectivity index (χ2v) is 16.8. The Balaban J connectivity index is 0.988. The molecule has 0 bridgehead atoms. The number of nitrogens with zero attached hydrogens (tertiary/aromatic N) is 1. The van der Waals surface area contributed by atoms with Crippen LogP contribution in [0.3, 0.4) is 0 Å². The maximum atomic E-state index is 12.6. The number of ether oxygens (including phenoxy) is 3. The number of carbonyl (C=O) groups excluding carboxylic acids is 2. The summed E-state index contributed by atoms with van der Waals surface area (Å²) < 4.78 is 16.6. The largest absolute Gasteiger partial charge is 0.508 e. The number of fused-ring (bicyclic) bond motifs is 5. The van der Waals surface area contributed by atoms with Crippen molar-refractivity contribution in [3.05, 3.63) is 29.9 Å². The van der Waals surface area contributed by atoms with E-state index in [-0.39, 0.29) is 11.5 Å². The lowest BCUT2D eigenvalue weighted by Crippen LogP contribution is -2.51. The quantitative estimate of drug-likeness (QED) is 0.103. The molecule has 5 rings (SSSR count). The molecule has 0 radical (unpaired) electrons. The molecule has 4 aliphatic carbocycles. The van der Waals surface area contributed by atoms with Gasteiger partial charge in [0.2, 0.25) is 0 Å². The third kappa shape index (κ3) is 8.68. The van der Waals surface area contributed by atoms with E-state index in [4.69, 9.17) is 19.9 Å². The molecule has 270 valence electrons. The number of imidazole rings is 1. The molecule has 8 heteroatoms. The number of rotatable bonds is 16. The highest BCUT2D eigenvalue weighted by atomic mass is 16.7. The second kappa shape index (κ2) is 16.6. The lowest BCUT2D eigenvalue weighted by atomic mass is 9.47. The van der Waals surface area contributed by atoms with Crippen LogP contribution in [-0.4, -0.2) is 47.5 Å². The first-order chi connectivity index (χ1) is 23.0. The Bertz CT molecular complexity index is 1220. The maximum absolute atomic E-state index is 12.6. The van der Waals surface area contributed by atoms with E-state index in [2.05, 4.69) is 50.7 Å². The fraction of sp³-hybridized carbons (Fsp3) is 0.825. The van der Waals surface area contributed by atoms with E-state index in [1.807, 2.05) is 0 Å². The van der Waals surface area contributed by atoms with Crippen LogP contribution in [0.4, 0.5) is 4.79 Å². The normalized spacial score (nSPS) is 32.4. The number of allylic oxidation sites excluding steroid dienone is 1. The number of nitrogens with one attached hydrogen (secondary N) is 1. The maximum Gasteiger partial charge on any atom is 0.508 e. The molecule has 1 aromatic heterocycles. The van der Waals surface area contributed by atoms with Crippen LogP contribution in [0, 0.1) is 46.3 Å². The van der Waals surface area contributed by atoms with Gasteiger partial charge in [0.1, 0.15) is 12.1 Å². The second-order valence-electron chi connectivity index (χ2n) is 16.8. The van der Waals surface area contributed by atoms with Crippen molar-refractivity contribution in [3.63, 3.8) is 0 Å². The molecule has 4 aliphatic rings. The molecule has 3 fully saturated rings. The van der Waals surface area contributed by atoms with Crippen LogP contribution in [0.25, 0.3) is 0 Å². The first kappa shape index (κ1) is 36.9. The van der Waals surface area contributed by atoms with Crippen LogP contribution in [-0.2, 0) is 25.4 Å². The smallest absolute Gasteiger partial charge is 0.465 e. The van der Waals surface area contributed by atoms with Crippen molar-refractivity contribution in [3.8, 4) is 0 Å². The third-order valence-corrected chi connectivity index (χ3v) is 13.3. The minimum Gasteiger partial charge on any atom is -0.465 e. The molecular formula is C40H65N3O5. The summed E-state index contributed by atoms with van der Waals surface area (Å²) in [6, 6.07) is -0.698. The van der Waals surface area contributed by atoms with E-state index >= 15 is 0 Å². The third-order valence-electron chi connectivity index (χ3n) is 13.3. The zero-order chi connectivity index (χ0) is 34.3. The van der Waals surface area contributed by atoms with E-state index in [1.165, 1.54) is 56.9 Å². The van der Waals surface area contributed by atoms with E-state index in [0.717, 1.165) is 86.1 Å². The Hall–Kier alpha value is -2.35. The molecule has 48 heavy (non-hydrogen) atoms. The van der Waals surface area contributed by atoms with Gasteiger partial charge in [-0.05, 0) is 117 Å². The molecule has 1 aromatic rings. The van der Waals surface area contributed by atoms with Gasteiger partial charge in [0.05, 0.1) is 19.5 Å². The highest BCUT2D eigenvalue weighted by Crippen LogP contribution is 2.67. The van der Waals surface area contributed by atoms with Crippen LogP contribution in [0.1, 0.15) is 137 Å². The summed E-state index contributed by atoms with van der Waals surface area (Å²) in [5.74, 6) is 4.58. The Morgan fingerprint density at radius 2 is 1.73 bits per heavy atom. The van der Waals surface area contributed by atoms with Gasteiger partial charge >= 0.3 is 12.1 Å². The SMILES string of the molecule is CC(C)CCCC(C)C1CCC2C3CC=C4CC(OC(=O)OCCCCCCOC(=O)C(N)Cc5cnc[nH]5)CCC4(C)C3CCC12C. The molecule has 3 N–H and O–H groups in total. The van der Waals surface area contributed by atoms with Crippen molar-refractivity contribution in [2.75, 3.05) is 13.2 Å². The van der Waals surface area contributed by atoms with Crippen LogP contribution < -0.4 is 5.73 Å². The number of carbonyl (C=O) groups is 2. The lowest BCUT2D eigenvalue weighted by molar-refractivity contribution is -0.145. The summed E-state index contributed by atoms with van der Waals surface area (Å²) in [5, 5.41) is 0. The Morgan fingerprint density at radius 1 is 0.958 bits per heavy atom. The summed E-state index contributed by atoms with van der Waals surface area (Å²) in [4.78, 5) is 31.5. The Labute approximate surface area is 290 Å². The zero-order valence-corrected chi connectivity index (χ0v) is 30.6. The number of esters is 1. The fourth-order valence-electron chi connectivity index (χ4n) is 10.6. The van der Waals surface area contributed by atoms with E-state index in [9.17, 15) is 9.59 Å². The molecule has 1 heterocycles. The van der Waals surface area contributed by atoms with Gasteiger partial charge in [-0.15, -0.1) is 0 Å². The van der Waals surface area contributed by atoms with Gasteiger partial charge in [0, 0.05) is 24.7 Å². The van der Waals surface area contributed by atoms with Gasteiger partial charge in [-0.3, -0.25) is 4.79 Å². The minimum absolute atomic E-state index is 0.0842. The number of nitrogens with two attached hydrogens (primary N) is 1. The first-order valence-electron chi connectivity index (χ1n) is 19.4. The number of H-pyrrole nitrogens is 1. The van der Waals surface area contributed by atoms with Gasteiger partial charge in [-0.1, -0.05) is 65.5 Å². The highest BCUT2D eigenvalue weighted by Gasteiger charge is 2.59. The number of aromatic amines is 1. The molecule has 0 saturated heterocycles. The topological polar surface area (TPSA) is 117 Å². The van der Waals surface area contributed by atoms with E-state index in [0.29, 0.717) is 25.0 Å². The molecule has 0 amide bonds. The van der Waals surface area contributed by atoms with Crippen LogP contribution >= 0.6 is 0 Å². The average molecular weight is 668 g/mol. The van der Waals surface area contributed by atoms with Crippen molar-refractivity contribution >= 4 is 12.1 Å².